The van der Waals surface area contributed by atoms with Crippen molar-refractivity contribution in [1.29, 1.82) is 0 Å². The first kappa shape index (κ1) is 11.6. The smallest absolute Gasteiger partial charge is 0.158 e. The van der Waals surface area contributed by atoms with E-state index >= 15 is 0 Å². The maximum Gasteiger partial charge on any atom is 0.158 e. The lowest BCUT2D eigenvalue weighted by Gasteiger charge is -2.22. The van der Waals surface area contributed by atoms with Crippen LogP contribution in [0.25, 0.3) is 0 Å². The van der Waals surface area contributed by atoms with E-state index in [2.05, 4.69) is 4.90 Å². The van der Waals surface area contributed by atoms with Crippen molar-refractivity contribution in [3.05, 3.63) is 35.4 Å². The number of para-hydroxylation sites is 2. The van der Waals surface area contributed by atoms with E-state index in [4.69, 9.17) is 4.74 Å². The Kier molecular flexibility index (Phi) is 2.59. The molecule has 0 N–H and O–H groups in total. The van der Waals surface area contributed by atoms with Crippen molar-refractivity contribution in [3.63, 3.8) is 0 Å². The van der Waals surface area contributed by atoms with Gasteiger partial charge in [-0.1, -0.05) is 12.1 Å². The molecule has 0 fully saturated rings. The second-order valence-corrected chi connectivity index (χ2v) is 6.83. The van der Waals surface area contributed by atoms with E-state index < -0.39 is 9.84 Å². The van der Waals surface area contributed by atoms with Crippen LogP contribution in [0.4, 0.5) is 5.69 Å². The third-order valence-corrected chi connectivity index (χ3v) is 5.05. The van der Waals surface area contributed by atoms with Gasteiger partial charge in [0.2, 0.25) is 0 Å². The summed E-state index contributed by atoms with van der Waals surface area (Å²) in [6, 6.07) is 7.84. The van der Waals surface area contributed by atoms with Crippen LogP contribution in [-0.4, -0.2) is 40.1 Å². The maximum atomic E-state index is 11.5. The van der Waals surface area contributed by atoms with Crippen LogP contribution < -0.4 is 9.64 Å². The monoisotopic (exact) mass is 265 g/mol. The van der Waals surface area contributed by atoms with E-state index in [0.717, 1.165) is 22.6 Å². The highest BCUT2D eigenvalue weighted by Crippen LogP contribution is 2.35. The zero-order chi connectivity index (χ0) is 12.8. The van der Waals surface area contributed by atoms with E-state index in [-0.39, 0.29) is 11.5 Å². The Bertz CT molecular complexity index is 595. The summed E-state index contributed by atoms with van der Waals surface area (Å²) in [5, 5.41) is 0. The summed E-state index contributed by atoms with van der Waals surface area (Å²) in [5.74, 6) is 1.30. The minimum absolute atomic E-state index is 0.230. The number of ether oxygens (including phenoxy) is 1. The van der Waals surface area contributed by atoms with E-state index in [0.29, 0.717) is 13.1 Å². The van der Waals surface area contributed by atoms with E-state index in [1.807, 2.05) is 24.3 Å². The van der Waals surface area contributed by atoms with Crippen LogP contribution in [0, 0.1) is 0 Å². The first-order valence-corrected chi connectivity index (χ1v) is 7.69. The van der Waals surface area contributed by atoms with Crippen LogP contribution in [0.5, 0.6) is 5.75 Å². The number of anilines is 1. The second kappa shape index (κ2) is 4.02. The van der Waals surface area contributed by atoms with Crippen molar-refractivity contribution in [2.24, 2.45) is 0 Å². The summed E-state index contributed by atoms with van der Waals surface area (Å²) >= 11 is 0. The van der Waals surface area contributed by atoms with Crippen LogP contribution >= 0.6 is 0 Å². The molecule has 0 saturated heterocycles. The molecule has 0 aliphatic carbocycles. The van der Waals surface area contributed by atoms with Gasteiger partial charge in [0.15, 0.2) is 9.84 Å². The predicted molar refractivity (Wildman–Crippen MR) is 70.9 cm³/mol. The molecule has 2 aliphatic rings. The molecule has 0 unspecified atom stereocenters. The fraction of sp³-hybridized carbons (Fsp3) is 0.385. The zero-order valence-electron chi connectivity index (χ0n) is 10.2. The number of sulfone groups is 1. The Morgan fingerprint density at radius 2 is 1.72 bits per heavy atom. The number of hydrogen-bond acceptors (Lipinski definition) is 4. The van der Waals surface area contributed by atoms with Crippen LogP contribution in [0.1, 0.15) is 0 Å². The second-order valence-electron chi connectivity index (χ2n) is 4.77. The highest BCUT2D eigenvalue weighted by molar-refractivity contribution is 7.92. The largest absolute Gasteiger partial charge is 0.495 e. The molecular formula is C13H15NO3S. The maximum absolute atomic E-state index is 11.5. The molecule has 3 rings (SSSR count). The summed E-state index contributed by atoms with van der Waals surface area (Å²) in [4.78, 5) is 2.18. The fourth-order valence-corrected chi connectivity index (χ4v) is 4.43. The van der Waals surface area contributed by atoms with Gasteiger partial charge < -0.3 is 9.64 Å². The first-order valence-electron chi connectivity index (χ1n) is 5.87. The highest BCUT2D eigenvalue weighted by Gasteiger charge is 2.34. The Balaban J connectivity index is 1.84. The molecule has 0 amide bonds. The molecule has 2 aliphatic heterocycles. The van der Waals surface area contributed by atoms with Gasteiger partial charge in [-0.3, -0.25) is 0 Å². The Morgan fingerprint density at radius 3 is 2.33 bits per heavy atom. The van der Waals surface area contributed by atoms with Crippen molar-refractivity contribution in [1.82, 2.24) is 0 Å². The number of benzene rings is 1. The first-order chi connectivity index (χ1) is 8.59. The zero-order valence-corrected chi connectivity index (χ0v) is 11.0. The van der Waals surface area contributed by atoms with Gasteiger partial charge in [0.25, 0.3) is 0 Å². The van der Waals surface area contributed by atoms with Gasteiger partial charge in [-0.15, -0.1) is 0 Å². The lowest BCUT2D eigenvalue weighted by atomic mass is 10.2. The van der Waals surface area contributed by atoms with Gasteiger partial charge in [0.1, 0.15) is 5.75 Å². The summed E-state index contributed by atoms with van der Waals surface area (Å²) in [5.41, 5.74) is 3.17. The van der Waals surface area contributed by atoms with Gasteiger partial charge in [0, 0.05) is 13.1 Å². The molecule has 1 aromatic rings. The molecule has 0 radical (unpaired) electrons. The molecule has 0 saturated carbocycles. The molecule has 96 valence electrons. The quantitative estimate of drug-likeness (QED) is 0.755. The highest BCUT2D eigenvalue weighted by atomic mass is 32.2. The van der Waals surface area contributed by atoms with Crippen LogP contribution in [-0.2, 0) is 9.84 Å². The fourth-order valence-electron chi connectivity index (χ4n) is 2.68. The van der Waals surface area contributed by atoms with Crippen LogP contribution in [0.15, 0.2) is 35.4 Å². The summed E-state index contributed by atoms with van der Waals surface area (Å²) in [6.45, 7) is 1.41. The molecule has 5 heteroatoms. The number of hydrogen-bond donors (Lipinski definition) is 0. The predicted octanol–water partition coefficient (Wildman–Crippen LogP) is 1.24. The standard InChI is InChI=1S/C13H15NO3S/c1-17-13-5-3-2-4-12(13)14-6-10-8-18(15,16)9-11(10)7-14/h2-5H,6-9H2,1H3. The van der Waals surface area contributed by atoms with Crippen LogP contribution in [0.3, 0.4) is 0 Å². The van der Waals surface area contributed by atoms with Gasteiger partial charge in [0.05, 0.1) is 24.3 Å². The average Bonchev–Trinajstić information content (AvgIpc) is 2.82. The Morgan fingerprint density at radius 1 is 1.11 bits per heavy atom. The minimum atomic E-state index is -2.86. The van der Waals surface area contributed by atoms with E-state index in [1.165, 1.54) is 0 Å². The van der Waals surface area contributed by atoms with Crippen molar-refractivity contribution < 1.29 is 13.2 Å². The lowest BCUT2D eigenvalue weighted by molar-refractivity contribution is 0.415. The van der Waals surface area contributed by atoms with E-state index in [9.17, 15) is 8.42 Å². The summed E-state index contributed by atoms with van der Waals surface area (Å²) in [6.07, 6.45) is 0. The van der Waals surface area contributed by atoms with Crippen molar-refractivity contribution in [2.75, 3.05) is 36.6 Å². The average molecular weight is 265 g/mol. The third-order valence-electron chi connectivity index (χ3n) is 3.48. The summed E-state index contributed by atoms with van der Waals surface area (Å²) in [7, 11) is -1.21. The SMILES string of the molecule is COc1ccccc1N1CC2=C(C1)CS(=O)(=O)C2. The normalized spacial score (nSPS) is 21.3. The molecule has 0 atom stereocenters. The molecule has 0 aromatic heterocycles. The van der Waals surface area contributed by atoms with Gasteiger partial charge in [-0.05, 0) is 23.3 Å². The molecule has 18 heavy (non-hydrogen) atoms. The topological polar surface area (TPSA) is 46.6 Å². The molecule has 0 bridgehead atoms. The van der Waals surface area contributed by atoms with E-state index in [1.54, 1.807) is 7.11 Å². The van der Waals surface area contributed by atoms with Gasteiger partial charge in [-0.2, -0.15) is 0 Å². The third kappa shape index (κ3) is 1.88. The van der Waals surface area contributed by atoms with Crippen LogP contribution in [0.2, 0.25) is 0 Å². The van der Waals surface area contributed by atoms with Crippen molar-refractivity contribution >= 4 is 15.5 Å². The Labute approximate surface area is 107 Å². The number of methoxy groups -OCH3 is 1. The van der Waals surface area contributed by atoms with Gasteiger partial charge >= 0.3 is 0 Å². The molecule has 0 spiro atoms. The van der Waals surface area contributed by atoms with Gasteiger partial charge in [-0.25, -0.2) is 8.42 Å². The minimum Gasteiger partial charge on any atom is -0.495 e. The molecule has 4 nitrogen and oxygen atoms in total. The molecular weight excluding hydrogens is 250 g/mol. The Hall–Kier alpha value is -1.49. The lowest BCUT2D eigenvalue weighted by Crippen LogP contribution is -2.25. The van der Waals surface area contributed by atoms with Crippen molar-refractivity contribution in [3.8, 4) is 5.75 Å². The summed E-state index contributed by atoms with van der Waals surface area (Å²) < 4.78 is 28.4. The number of nitrogens with zero attached hydrogens (tertiary/aromatic N) is 1. The number of rotatable bonds is 2. The van der Waals surface area contributed by atoms with Crippen molar-refractivity contribution in [2.45, 2.75) is 0 Å². The molecule has 2 heterocycles. The molecule has 1 aromatic carbocycles.